The van der Waals surface area contributed by atoms with Crippen LogP contribution in [-0.4, -0.2) is 26.7 Å². The lowest BCUT2D eigenvalue weighted by molar-refractivity contribution is 0.00978. The topological polar surface area (TPSA) is 44.5 Å². The Morgan fingerprint density at radius 1 is 1.39 bits per heavy atom. The second-order valence-corrected chi connectivity index (χ2v) is 3.44. The van der Waals surface area contributed by atoms with E-state index in [1.165, 1.54) is 7.11 Å². The van der Waals surface area contributed by atoms with Crippen LogP contribution in [0.5, 0.6) is 5.75 Å². The number of benzene rings is 1. The number of nitrogens with two attached hydrogens (primary N) is 1. The molecule has 0 amide bonds. The SMILES string of the molecule is COc1ccc(C#CCN)c(COCC(F)F)c1. The number of hydrogen-bond acceptors (Lipinski definition) is 3. The summed E-state index contributed by atoms with van der Waals surface area (Å²) in [6.45, 7) is -0.291. The van der Waals surface area contributed by atoms with Gasteiger partial charge in [0, 0.05) is 5.56 Å². The largest absolute Gasteiger partial charge is 0.497 e. The zero-order valence-corrected chi connectivity index (χ0v) is 10.1. The summed E-state index contributed by atoms with van der Waals surface area (Å²) in [6.07, 6.45) is -2.48. The fourth-order valence-electron chi connectivity index (χ4n) is 1.34. The number of halogens is 2. The first-order valence-corrected chi connectivity index (χ1v) is 5.39. The molecule has 0 aliphatic heterocycles. The maximum absolute atomic E-state index is 12.0. The van der Waals surface area contributed by atoms with Crippen molar-refractivity contribution in [2.24, 2.45) is 5.73 Å². The average Bonchev–Trinajstić information content (AvgIpc) is 2.36. The fourth-order valence-corrected chi connectivity index (χ4v) is 1.34. The van der Waals surface area contributed by atoms with E-state index in [1.54, 1.807) is 18.2 Å². The molecule has 0 fully saturated rings. The first-order valence-electron chi connectivity index (χ1n) is 5.39. The molecule has 0 radical (unpaired) electrons. The number of ether oxygens (including phenoxy) is 2. The van der Waals surface area contributed by atoms with E-state index >= 15 is 0 Å². The summed E-state index contributed by atoms with van der Waals surface area (Å²) in [5.41, 5.74) is 6.70. The van der Waals surface area contributed by atoms with Crippen molar-refractivity contribution in [1.82, 2.24) is 0 Å². The van der Waals surface area contributed by atoms with Crippen molar-refractivity contribution in [3.8, 4) is 17.6 Å². The van der Waals surface area contributed by atoms with Crippen molar-refractivity contribution in [3.63, 3.8) is 0 Å². The molecular weight excluding hydrogens is 240 g/mol. The van der Waals surface area contributed by atoms with E-state index < -0.39 is 13.0 Å². The number of alkyl halides is 2. The van der Waals surface area contributed by atoms with Crippen molar-refractivity contribution in [1.29, 1.82) is 0 Å². The third-order valence-electron chi connectivity index (χ3n) is 2.14. The van der Waals surface area contributed by atoms with E-state index in [2.05, 4.69) is 11.8 Å². The van der Waals surface area contributed by atoms with Gasteiger partial charge in [0.25, 0.3) is 6.43 Å². The van der Waals surface area contributed by atoms with E-state index in [0.717, 1.165) is 0 Å². The van der Waals surface area contributed by atoms with Gasteiger partial charge in [-0.1, -0.05) is 11.8 Å². The second kappa shape index (κ2) is 7.64. The molecule has 98 valence electrons. The average molecular weight is 255 g/mol. The summed E-state index contributed by atoms with van der Waals surface area (Å²) in [4.78, 5) is 0. The lowest BCUT2D eigenvalue weighted by Crippen LogP contribution is -2.05. The van der Waals surface area contributed by atoms with Crippen LogP contribution in [0.4, 0.5) is 8.78 Å². The van der Waals surface area contributed by atoms with Gasteiger partial charge < -0.3 is 15.2 Å². The Morgan fingerprint density at radius 2 is 2.17 bits per heavy atom. The molecule has 2 N–H and O–H groups in total. The number of rotatable bonds is 5. The van der Waals surface area contributed by atoms with Gasteiger partial charge in [-0.15, -0.1) is 0 Å². The summed E-state index contributed by atoms with van der Waals surface area (Å²) >= 11 is 0. The maximum atomic E-state index is 12.0. The van der Waals surface area contributed by atoms with Crippen molar-refractivity contribution in [2.45, 2.75) is 13.0 Å². The fraction of sp³-hybridized carbons (Fsp3) is 0.385. The minimum atomic E-state index is -2.48. The molecule has 0 saturated carbocycles. The third-order valence-corrected chi connectivity index (χ3v) is 2.14. The predicted octanol–water partition coefficient (Wildman–Crippen LogP) is 1.79. The van der Waals surface area contributed by atoms with Gasteiger partial charge in [0.1, 0.15) is 12.4 Å². The van der Waals surface area contributed by atoms with Crippen LogP contribution in [0.15, 0.2) is 18.2 Å². The highest BCUT2D eigenvalue weighted by Gasteiger charge is 2.06. The monoisotopic (exact) mass is 255 g/mol. The zero-order valence-electron chi connectivity index (χ0n) is 10.1. The highest BCUT2D eigenvalue weighted by atomic mass is 19.3. The van der Waals surface area contributed by atoms with E-state index in [0.29, 0.717) is 16.9 Å². The van der Waals surface area contributed by atoms with Crippen LogP contribution in [0.2, 0.25) is 0 Å². The summed E-state index contributed by atoms with van der Waals surface area (Å²) in [6, 6.07) is 5.21. The summed E-state index contributed by atoms with van der Waals surface area (Å²) in [5, 5.41) is 0. The Balaban J connectivity index is 2.82. The van der Waals surface area contributed by atoms with Gasteiger partial charge in [-0.2, -0.15) is 0 Å². The minimum absolute atomic E-state index is 0.0656. The highest BCUT2D eigenvalue weighted by molar-refractivity contribution is 5.45. The van der Waals surface area contributed by atoms with Gasteiger partial charge in [-0.3, -0.25) is 0 Å². The molecule has 0 aromatic heterocycles. The smallest absolute Gasteiger partial charge is 0.261 e. The maximum Gasteiger partial charge on any atom is 0.261 e. The Morgan fingerprint density at radius 3 is 2.78 bits per heavy atom. The van der Waals surface area contributed by atoms with Crippen LogP contribution in [-0.2, 0) is 11.3 Å². The summed E-state index contributed by atoms with van der Waals surface area (Å²) in [7, 11) is 1.53. The molecule has 0 aliphatic rings. The van der Waals surface area contributed by atoms with Crippen LogP contribution < -0.4 is 10.5 Å². The molecule has 5 heteroatoms. The van der Waals surface area contributed by atoms with Crippen LogP contribution in [0.25, 0.3) is 0 Å². The molecular formula is C13H15F2NO2. The van der Waals surface area contributed by atoms with Gasteiger partial charge in [0.15, 0.2) is 0 Å². The minimum Gasteiger partial charge on any atom is -0.497 e. The van der Waals surface area contributed by atoms with Crippen molar-refractivity contribution < 1.29 is 18.3 Å². The molecule has 0 aliphatic carbocycles. The van der Waals surface area contributed by atoms with Crippen molar-refractivity contribution >= 4 is 0 Å². The lowest BCUT2D eigenvalue weighted by Gasteiger charge is -2.08. The third kappa shape index (κ3) is 4.70. The molecule has 3 nitrogen and oxygen atoms in total. The quantitative estimate of drug-likeness (QED) is 0.816. The van der Waals surface area contributed by atoms with Crippen LogP contribution in [0.3, 0.4) is 0 Å². The molecule has 0 atom stereocenters. The van der Waals surface area contributed by atoms with Gasteiger partial charge in [0.2, 0.25) is 0 Å². The molecule has 0 saturated heterocycles. The van der Waals surface area contributed by atoms with Gasteiger partial charge in [0.05, 0.1) is 20.3 Å². The summed E-state index contributed by atoms with van der Waals surface area (Å²) in [5.74, 6) is 6.21. The van der Waals surface area contributed by atoms with Gasteiger partial charge in [-0.05, 0) is 23.8 Å². The van der Waals surface area contributed by atoms with E-state index in [1.807, 2.05) is 0 Å². The normalized spacial score (nSPS) is 10.1. The molecule has 1 aromatic rings. The molecule has 0 spiro atoms. The Labute approximate surface area is 105 Å². The van der Waals surface area contributed by atoms with Gasteiger partial charge >= 0.3 is 0 Å². The molecule has 1 aromatic carbocycles. The molecule has 0 unspecified atom stereocenters. The molecule has 0 heterocycles. The van der Waals surface area contributed by atoms with Gasteiger partial charge in [-0.25, -0.2) is 8.78 Å². The first-order chi connectivity index (χ1) is 8.67. The summed E-state index contributed by atoms with van der Waals surface area (Å²) < 4.78 is 33.9. The lowest BCUT2D eigenvalue weighted by atomic mass is 10.1. The van der Waals surface area contributed by atoms with E-state index in [-0.39, 0.29) is 13.2 Å². The van der Waals surface area contributed by atoms with Crippen LogP contribution in [0, 0.1) is 11.8 Å². The second-order valence-electron chi connectivity index (χ2n) is 3.44. The Hall–Kier alpha value is -1.64. The zero-order chi connectivity index (χ0) is 13.4. The standard InChI is InChI=1S/C13H15F2NO2/c1-17-12-5-4-10(3-2-6-16)11(7-12)8-18-9-13(14)15/h4-5,7,13H,6,8-9,16H2,1H3. The predicted molar refractivity (Wildman–Crippen MR) is 64.6 cm³/mol. The Kier molecular flexibility index (Phi) is 6.12. The first kappa shape index (κ1) is 14.4. The number of methoxy groups -OCH3 is 1. The molecule has 18 heavy (non-hydrogen) atoms. The molecule has 0 bridgehead atoms. The van der Waals surface area contributed by atoms with E-state index in [4.69, 9.17) is 15.2 Å². The van der Waals surface area contributed by atoms with Crippen molar-refractivity contribution in [3.05, 3.63) is 29.3 Å². The van der Waals surface area contributed by atoms with Crippen LogP contribution in [0.1, 0.15) is 11.1 Å². The Bertz CT molecular complexity index is 438. The number of hydrogen-bond donors (Lipinski definition) is 1. The van der Waals surface area contributed by atoms with E-state index in [9.17, 15) is 8.78 Å². The highest BCUT2D eigenvalue weighted by Crippen LogP contribution is 2.18. The molecule has 1 rings (SSSR count). The van der Waals surface area contributed by atoms with Crippen molar-refractivity contribution in [2.75, 3.05) is 20.3 Å². The van der Waals surface area contributed by atoms with Crippen LogP contribution >= 0.6 is 0 Å².